The predicted molar refractivity (Wildman–Crippen MR) is 128 cm³/mol. The van der Waals surface area contributed by atoms with Gasteiger partial charge in [0, 0.05) is 33.4 Å². The van der Waals surface area contributed by atoms with Gasteiger partial charge in [0.15, 0.2) is 0 Å². The molecule has 0 aliphatic carbocycles. The number of aromatic nitrogens is 1. The van der Waals surface area contributed by atoms with Crippen molar-refractivity contribution in [3.8, 4) is 5.69 Å². The van der Waals surface area contributed by atoms with Crippen molar-refractivity contribution >= 4 is 35.5 Å². The molecule has 0 atom stereocenters. The van der Waals surface area contributed by atoms with Crippen molar-refractivity contribution in [1.82, 2.24) is 9.99 Å². The maximum atomic E-state index is 12.1. The zero-order valence-corrected chi connectivity index (χ0v) is 19.3. The number of nitrogens with one attached hydrogen (secondary N) is 1. The van der Waals surface area contributed by atoms with Gasteiger partial charge >= 0.3 is 0 Å². The van der Waals surface area contributed by atoms with E-state index >= 15 is 0 Å². The second-order valence-corrected chi connectivity index (χ2v) is 8.70. The van der Waals surface area contributed by atoms with Crippen LogP contribution in [-0.4, -0.2) is 22.4 Å². The second kappa shape index (κ2) is 10.0. The van der Waals surface area contributed by atoms with E-state index in [4.69, 9.17) is 11.6 Å². The molecule has 2 aromatic carbocycles. The first-order chi connectivity index (χ1) is 14.4. The van der Waals surface area contributed by atoms with Crippen LogP contribution in [0, 0.1) is 27.7 Å². The Morgan fingerprint density at radius 3 is 2.60 bits per heavy atom. The highest BCUT2D eigenvalue weighted by molar-refractivity contribution is 7.99. The molecular formula is C24H26ClN3OS. The lowest BCUT2D eigenvalue weighted by atomic mass is 10.1. The van der Waals surface area contributed by atoms with Crippen LogP contribution in [0.15, 0.2) is 53.6 Å². The van der Waals surface area contributed by atoms with Crippen molar-refractivity contribution < 1.29 is 4.79 Å². The lowest BCUT2D eigenvalue weighted by Crippen LogP contribution is -2.19. The van der Waals surface area contributed by atoms with Crippen LogP contribution in [0.4, 0.5) is 0 Å². The van der Waals surface area contributed by atoms with Gasteiger partial charge in [0.2, 0.25) is 5.91 Å². The zero-order chi connectivity index (χ0) is 21.7. The highest BCUT2D eigenvalue weighted by Gasteiger charge is 2.10. The van der Waals surface area contributed by atoms with Crippen LogP contribution in [0.25, 0.3) is 5.69 Å². The van der Waals surface area contributed by atoms with Crippen LogP contribution >= 0.6 is 23.4 Å². The minimum Gasteiger partial charge on any atom is -0.318 e. The number of amides is 1. The number of thioether (sulfide) groups is 1. The number of aryl methyl sites for hydroxylation is 3. The minimum atomic E-state index is -0.133. The number of nitrogens with zero attached hydrogens (tertiary/aromatic N) is 2. The third-order valence-corrected chi connectivity index (χ3v) is 6.41. The SMILES string of the molecule is Cc1ccc(-n2c(C)cc(/C=N\NC(=O)CSCc3ccccc3Cl)c2C)cc1C. The Bertz CT molecular complexity index is 1090. The first-order valence-corrected chi connectivity index (χ1v) is 11.3. The van der Waals surface area contributed by atoms with Gasteiger partial charge in [-0.3, -0.25) is 4.79 Å². The summed E-state index contributed by atoms with van der Waals surface area (Å²) in [4.78, 5) is 12.1. The van der Waals surface area contributed by atoms with Gasteiger partial charge in [-0.2, -0.15) is 5.10 Å². The van der Waals surface area contributed by atoms with E-state index in [1.165, 1.54) is 22.9 Å². The normalized spacial score (nSPS) is 11.2. The number of hydrogen-bond acceptors (Lipinski definition) is 3. The molecule has 0 radical (unpaired) electrons. The smallest absolute Gasteiger partial charge is 0.250 e. The van der Waals surface area contributed by atoms with Crippen LogP contribution in [0.1, 0.15) is 33.6 Å². The van der Waals surface area contributed by atoms with Gasteiger partial charge < -0.3 is 4.57 Å². The maximum Gasteiger partial charge on any atom is 0.250 e. The number of carbonyl (C=O) groups is 1. The monoisotopic (exact) mass is 439 g/mol. The van der Waals surface area contributed by atoms with Crippen molar-refractivity contribution in [3.05, 3.63) is 87.2 Å². The largest absolute Gasteiger partial charge is 0.318 e. The molecule has 0 spiro atoms. The fourth-order valence-corrected chi connectivity index (χ4v) is 4.36. The fraction of sp³-hybridized carbons (Fsp3) is 0.250. The summed E-state index contributed by atoms with van der Waals surface area (Å²) in [6, 6.07) is 16.2. The molecule has 30 heavy (non-hydrogen) atoms. The molecule has 1 aromatic heterocycles. The first kappa shape index (κ1) is 22.2. The third-order valence-electron chi connectivity index (χ3n) is 5.06. The lowest BCUT2D eigenvalue weighted by molar-refractivity contribution is -0.118. The lowest BCUT2D eigenvalue weighted by Gasteiger charge is -2.11. The number of benzene rings is 2. The molecule has 0 aliphatic rings. The quantitative estimate of drug-likeness (QED) is 0.376. The van der Waals surface area contributed by atoms with Gasteiger partial charge in [0.05, 0.1) is 12.0 Å². The Labute approximate surface area is 187 Å². The van der Waals surface area contributed by atoms with E-state index in [0.717, 1.165) is 33.2 Å². The van der Waals surface area contributed by atoms with Crippen molar-refractivity contribution in [3.63, 3.8) is 0 Å². The van der Waals surface area contributed by atoms with Gasteiger partial charge in [0.1, 0.15) is 0 Å². The van der Waals surface area contributed by atoms with E-state index in [1.54, 1.807) is 6.21 Å². The molecule has 0 unspecified atom stereocenters. The van der Waals surface area contributed by atoms with Crippen LogP contribution in [0.5, 0.6) is 0 Å². The summed E-state index contributed by atoms with van der Waals surface area (Å²) in [5.74, 6) is 0.879. The summed E-state index contributed by atoms with van der Waals surface area (Å²) in [6.07, 6.45) is 1.70. The fourth-order valence-electron chi connectivity index (χ4n) is 3.26. The van der Waals surface area contributed by atoms with Gasteiger partial charge in [-0.1, -0.05) is 35.9 Å². The highest BCUT2D eigenvalue weighted by atomic mass is 35.5. The van der Waals surface area contributed by atoms with E-state index < -0.39 is 0 Å². The molecule has 3 aromatic rings. The highest BCUT2D eigenvalue weighted by Crippen LogP contribution is 2.22. The molecule has 0 aliphatic heterocycles. The number of halogens is 1. The molecule has 0 saturated carbocycles. The number of hydrogen-bond donors (Lipinski definition) is 1. The van der Waals surface area contributed by atoms with Crippen LogP contribution in [0.2, 0.25) is 5.02 Å². The predicted octanol–water partition coefficient (Wildman–Crippen LogP) is 5.75. The third kappa shape index (κ3) is 5.35. The summed E-state index contributed by atoms with van der Waals surface area (Å²) >= 11 is 7.65. The average Bonchev–Trinajstić information content (AvgIpc) is 2.99. The Morgan fingerprint density at radius 2 is 1.87 bits per heavy atom. The summed E-state index contributed by atoms with van der Waals surface area (Å²) in [6.45, 7) is 8.37. The van der Waals surface area contributed by atoms with E-state index in [1.807, 2.05) is 24.3 Å². The van der Waals surface area contributed by atoms with E-state index in [2.05, 4.69) is 67.1 Å². The maximum absolute atomic E-state index is 12.1. The average molecular weight is 440 g/mol. The Hall–Kier alpha value is -2.50. The summed E-state index contributed by atoms with van der Waals surface area (Å²) in [7, 11) is 0. The number of hydrazone groups is 1. The first-order valence-electron chi connectivity index (χ1n) is 9.76. The van der Waals surface area contributed by atoms with Crippen molar-refractivity contribution in [2.45, 2.75) is 33.4 Å². The van der Waals surface area contributed by atoms with E-state index in [0.29, 0.717) is 11.5 Å². The standard InChI is InChI=1S/C24H26ClN3OS/c1-16-9-10-22(11-17(16)2)28-18(3)12-21(19(28)4)13-26-27-24(29)15-30-14-20-7-5-6-8-23(20)25/h5-13H,14-15H2,1-4H3,(H,27,29)/b26-13-. The molecule has 4 nitrogen and oxygen atoms in total. The van der Waals surface area contributed by atoms with Crippen molar-refractivity contribution in [1.29, 1.82) is 0 Å². The molecule has 1 heterocycles. The van der Waals surface area contributed by atoms with Crippen LogP contribution in [-0.2, 0) is 10.5 Å². The Balaban J connectivity index is 1.59. The molecule has 156 valence electrons. The van der Waals surface area contributed by atoms with Gasteiger partial charge in [-0.15, -0.1) is 11.8 Å². The number of carbonyl (C=O) groups excluding carboxylic acids is 1. The molecule has 0 bridgehead atoms. The van der Waals surface area contributed by atoms with Crippen LogP contribution in [0.3, 0.4) is 0 Å². The Morgan fingerprint density at radius 1 is 1.10 bits per heavy atom. The molecule has 1 amide bonds. The number of rotatable bonds is 7. The molecule has 3 rings (SSSR count). The second-order valence-electron chi connectivity index (χ2n) is 7.31. The molecule has 0 saturated heterocycles. The van der Waals surface area contributed by atoms with E-state index in [-0.39, 0.29) is 5.91 Å². The van der Waals surface area contributed by atoms with Crippen LogP contribution < -0.4 is 5.43 Å². The zero-order valence-electron chi connectivity index (χ0n) is 17.7. The van der Waals surface area contributed by atoms with Crippen molar-refractivity contribution in [2.24, 2.45) is 5.10 Å². The topological polar surface area (TPSA) is 46.4 Å². The Kier molecular flexibility index (Phi) is 7.40. The molecule has 1 N–H and O–H groups in total. The molecular weight excluding hydrogens is 414 g/mol. The van der Waals surface area contributed by atoms with E-state index in [9.17, 15) is 4.79 Å². The van der Waals surface area contributed by atoms with Crippen molar-refractivity contribution in [2.75, 3.05) is 5.75 Å². The summed E-state index contributed by atoms with van der Waals surface area (Å²) in [5, 5.41) is 4.87. The van der Waals surface area contributed by atoms with Gasteiger partial charge in [0.25, 0.3) is 0 Å². The molecule has 0 fully saturated rings. The summed E-state index contributed by atoms with van der Waals surface area (Å²) < 4.78 is 2.20. The minimum absolute atomic E-state index is 0.133. The summed E-state index contributed by atoms with van der Waals surface area (Å²) in [5.41, 5.74) is 10.5. The molecule has 6 heteroatoms. The van der Waals surface area contributed by atoms with Gasteiger partial charge in [-0.05, 0) is 68.7 Å². The van der Waals surface area contributed by atoms with Gasteiger partial charge in [-0.25, -0.2) is 5.43 Å².